The molecule has 0 radical (unpaired) electrons. The minimum absolute atomic E-state index is 0.0195. The fourth-order valence-electron chi connectivity index (χ4n) is 2.94. The zero-order chi connectivity index (χ0) is 26.4. The molecule has 0 saturated carbocycles. The molecular formula is C23H15ClF5N7O. The summed E-state index contributed by atoms with van der Waals surface area (Å²) in [5.41, 5.74) is 3.21. The van der Waals surface area contributed by atoms with Gasteiger partial charge >= 0.3 is 6.36 Å². The van der Waals surface area contributed by atoms with Crippen molar-refractivity contribution in [3.63, 3.8) is 0 Å². The zero-order valence-electron chi connectivity index (χ0n) is 18.5. The lowest BCUT2D eigenvalue weighted by Crippen LogP contribution is -2.17. The molecule has 0 saturated heterocycles. The second kappa shape index (κ2) is 11.1. The lowest BCUT2D eigenvalue weighted by Gasteiger charge is -2.10. The number of nitrogens with zero attached hydrogens (tertiary/aromatic N) is 5. The molecule has 0 atom stereocenters. The number of hydrogen-bond donors (Lipinski definition) is 2. The van der Waals surface area contributed by atoms with Gasteiger partial charge in [-0.2, -0.15) is 20.1 Å². The van der Waals surface area contributed by atoms with Crippen LogP contribution in [0.1, 0.15) is 11.1 Å². The largest absolute Gasteiger partial charge is 0.573 e. The third-order valence-electron chi connectivity index (χ3n) is 4.55. The van der Waals surface area contributed by atoms with Crippen molar-refractivity contribution >= 4 is 29.7 Å². The van der Waals surface area contributed by atoms with E-state index in [1.165, 1.54) is 30.6 Å². The van der Waals surface area contributed by atoms with Crippen molar-refractivity contribution < 1.29 is 26.7 Å². The SMILES string of the molecule is Fc1cccc(F)c1-c1nc(NCc2ccc(Cl)nc2)nc(N/N=C\c2ccc(OC(F)(F)F)cc2)n1. The number of rotatable bonds is 8. The number of nitrogens with one attached hydrogen (secondary N) is 2. The predicted octanol–water partition coefficient (Wildman–Crippen LogP) is 5.82. The summed E-state index contributed by atoms with van der Waals surface area (Å²) in [6, 6.07) is 11.6. The smallest absolute Gasteiger partial charge is 0.406 e. The second-order valence-electron chi connectivity index (χ2n) is 7.23. The van der Waals surface area contributed by atoms with Crippen LogP contribution in [0.2, 0.25) is 5.15 Å². The minimum Gasteiger partial charge on any atom is -0.406 e. The van der Waals surface area contributed by atoms with Gasteiger partial charge in [0.2, 0.25) is 11.9 Å². The Balaban J connectivity index is 1.56. The molecule has 0 aliphatic rings. The van der Waals surface area contributed by atoms with E-state index in [4.69, 9.17) is 11.6 Å². The van der Waals surface area contributed by atoms with Gasteiger partial charge in [0.05, 0.1) is 11.8 Å². The molecule has 0 amide bonds. The van der Waals surface area contributed by atoms with E-state index in [9.17, 15) is 22.0 Å². The maximum atomic E-state index is 14.4. The van der Waals surface area contributed by atoms with Gasteiger partial charge in [0.15, 0.2) is 5.82 Å². The third-order valence-corrected chi connectivity index (χ3v) is 4.78. The molecule has 2 heterocycles. The fourth-order valence-corrected chi connectivity index (χ4v) is 3.05. The van der Waals surface area contributed by atoms with Gasteiger partial charge in [-0.25, -0.2) is 19.2 Å². The average molecular weight is 536 g/mol. The molecule has 0 fully saturated rings. The van der Waals surface area contributed by atoms with Crippen LogP contribution in [0, 0.1) is 11.6 Å². The number of ether oxygens (including phenoxy) is 1. The van der Waals surface area contributed by atoms with Gasteiger partial charge in [0.1, 0.15) is 22.5 Å². The number of aromatic nitrogens is 4. The number of benzene rings is 2. The van der Waals surface area contributed by atoms with Crippen molar-refractivity contribution in [3.05, 3.63) is 88.7 Å². The van der Waals surface area contributed by atoms with Crippen LogP contribution in [-0.4, -0.2) is 32.5 Å². The molecule has 2 N–H and O–H groups in total. The number of pyridine rings is 1. The van der Waals surface area contributed by atoms with Crippen LogP contribution in [-0.2, 0) is 6.54 Å². The Kier molecular flexibility index (Phi) is 7.72. The highest BCUT2D eigenvalue weighted by Crippen LogP contribution is 2.25. The van der Waals surface area contributed by atoms with Crippen molar-refractivity contribution in [2.24, 2.45) is 5.10 Å². The van der Waals surface area contributed by atoms with E-state index in [0.29, 0.717) is 10.7 Å². The number of hydrazone groups is 1. The first-order valence-electron chi connectivity index (χ1n) is 10.4. The molecule has 14 heteroatoms. The Morgan fingerprint density at radius 1 is 0.919 bits per heavy atom. The molecule has 8 nitrogen and oxygen atoms in total. The highest BCUT2D eigenvalue weighted by atomic mass is 35.5. The first kappa shape index (κ1) is 25.7. The summed E-state index contributed by atoms with van der Waals surface area (Å²) in [4.78, 5) is 16.3. The maximum Gasteiger partial charge on any atom is 0.573 e. The average Bonchev–Trinajstić information content (AvgIpc) is 2.84. The van der Waals surface area contributed by atoms with Crippen LogP contribution >= 0.6 is 11.6 Å². The standard InChI is InChI=1S/C23H15ClF5N7O/c24-18-9-6-14(10-30-18)11-31-21-33-20(19-16(25)2-1-3-17(19)26)34-22(35-21)36-32-12-13-4-7-15(8-5-13)37-23(27,28)29/h1-10,12H,11H2,(H2,31,33,34,35,36)/b32-12-. The van der Waals surface area contributed by atoms with E-state index in [-0.39, 0.29) is 24.3 Å². The quantitative estimate of drug-likeness (QED) is 0.127. The number of halogens is 6. The van der Waals surface area contributed by atoms with Crippen LogP contribution in [0.15, 0.2) is 65.9 Å². The first-order chi connectivity index (χ1) is 17.7. The van der Waals surface area contributed by atoms with Crippen LogP contribution < -0.4 is 15.5 Å². The molecule has 0 bridgehead atoms. The van der Waals surface area contributed by atoms with E-state index < -0.39 is 29.3 Å². The molecule has 4 rings (SSSR count). The number of anilines is 2. The molecule has 0 unspecified atom stereocenters. The van der Waals surface area contributed by atoms with Gasteiger partial charge in [-0.05, 0) is 53.6 Å². The van der Waals surface area contributed by atoms with Crippen molar-refractivity contribution in [2.45, 2.75) is 12.9 Å². The minimum atomic E-state index is -4.80. The monoisotopic (exact) mass is 535 g/mol. The summed E-state index contributed by atoms with van der Waals surface area (Å²) in [5, 5.41) is 7.16. The zero-order valence-corrected chi connectivity index (χ0v) is 19.2. The molecule has 0 aliphatic heterocycles. The van der Waals surface area contributed by atoms with Gasteiger partial charge < -0.3 is 10.1 Å². The number of hydrogen-bond acceptors (Lipinski definition) is 8. The molecule has 190 valence electrons. The van der Waals surface area contributed by atoms with E-state index in [2.05, 4.69) is 40.5 Å². The number of alkyl halides is 3. The molecule has 37 heavy (non-hydrogen) atoms. The Bertz CT molecular complexity index is 1380. The summed E-state index contributed by atoms with van der Waals surface area (Å²) in [7, 11) is 0. The van der Waals surface area contributed by atoms with Crippen molar-refractivity contribution in [1.82, 2.24) is 19.9 Å². The maximum absolute atomic E-state index is 14.4. The van der Waals surface area contributed by atoms with E-state index in [0.717, 1.165) is 29.8 Å². The van der Waals surface area contributed by atoms with E-state index in [1.807, 2.05) is 0 Å². The highest BCUT2D eigenvalue weighted by molar-refractivity contribution is 6.29. The summed E-state index contributed by atoms with van der Waals surface area (Å²) >= 11 is 5.79. The summed E-state index contributed by atoms with van der Waals surface area (Å²) in [5.74, 6) is -2.62. The fraction of sp³-hybridized carbons (Fsp3) is 0.0870. The van der Waals surface area contributed by atoms with E-state index in [1.54, 1.807) is 12.1 Å². The lowest BCUT2D eigenvalue weighted by atomic mass is 10.2. The molecule has 2 aromatic carbocycles. The van der Waals surface area contributed by atoms with E-state index >= 15 is 0 Å². The van der Waals surface area contributed by atoms with Gasteiger partial charge in [-0.15, -0.1) is 13.2 Å². The third kappa shape index (κ3) is 7.30. The Hall–Kier alpha value is -4.39. The normalized spacial score (nSPS) is 11.5. The van der Waals surface area contributed by atoms with Crippen LogP contribution in [0.5, 0.6) is 5.75 Å². The second-order valence-corrected chi connectivity index (χ2v) is 7.62. The highest BCUT2D eigenvalue weighted by Gasteiger charge is 2.30. The molecule has 4 aromatic rings. The van der Waals surface area contributed by atoms with Crippen molar-refractivity contribution in [1.29, 1.82) is 0 Å². The first-order valence-corrected chi connectivity index (χ1v) is 10.7. The van der Waals surface area contributed by atoms with Crippen LogP contribution in [0.3, 0.4) is 0 Å². The van der Waals surface area contributed by atoms with Crippen molar-refractivity contribution in [2.75, 3.05) is 10.7 Å². The lowest BCUT2D eigenvalue weighted by molar-refractivity contribution is -0.274. The van der Waals surface area contributed by atoms with Gasteiger partial charge in [-0.1, -0.05) is 23.7 Å². The Morgan fingerprint density at radius 3 is 2.27 bits per heavy atom. The summed E-state index contributed by atoms with van der Waals surface area (Å²) in [6.07, 6.45) is -2.00. The predicted molar refractivity (Wildman–Crippen MR) is 126 cm³/mol. The Labute approximate surface area is 211 Å². The summed E-state index contributed by atoms with van der Waals surface area (Å²) in [6.45, 7) is 0.211. The van der Waals surface area contributed by atoms with Crippen LogP contribution in [0.25, 0.3) is 11.4 Å². The molecule has 2 aromatic heterocycles. The molecular weight excluding hydrogens is 521 g/mol. The van der Waals surface area contributed by atoms with Gasteiger partial charge in [0, 0.05) is 12.7 Å². The van der Waals surface area contributed by atoms with Crippen LogP contribution in [0.4, 0.5) is 33.8 Å². The van der Waals surface area contributed by atoms with Gasteiger partial charge in [0.25, 0.3) is 0 Å². The molecule has 0 aliphatic carbocycles. The Morgan fingerprint density at radius 2 is 1.62 bits per heavy atom. The van der Waals surface area contributed by atoms with Gasteiger partial charge in [-0.3, -0.25) is 0 Å². The molecule has 0 spiro atoms. The van der Waals surface area contributed by atoms with Crippen molar-refractivity contribution in [3.8, 4) is 17.1 Å². The topological polar surface area (TPSA) is 97.2 Å². The summed E-state index contributed by atoms with van der Waals surface area (Å²) < 4.78 is 69.5.